The predicted molar refractivity (Wildman–Crippen MR) is 132 cm³/mol. The summed E-state index contributed by atoms with van der Waals surface area (Å²) in [6.07, 6.45) is 3.59. The van der Waals surface area contributed by atoms with Crippen molar-refractivity contribution in [2.45, 2.75) is 18.5 Å². The van der Waals surface area contributed by atoms with Gasteiger partial charge in [-0.1, -0.05) is 114 Å². The van der Waals surface area contributed by atoms with Gasteiger partial charge in [-0.15, -0.1) is 0 Å². The smallest absolute Gasteiger partial charge is 0.123 e. The first-order chi connectivity index (χ1) is 15.2. The minimum atomic E-state index is -1.79. The maximum atomic E-state index is 13.2. The van der Waals surface area contributed by atoms with Crippen molar-refractivity contribution in [3.8, 4) is 11.1 Å². The largest absolute Gasteiger partial charge is 0.207 e. The third-order valence-electron chi connectivity index (χ3n) is 6.60. The first kappa shape index (κ1) is 19.7. The summed E-state index contributed by atoms with van der Waals surface area (Å²) in [7, 11) is -1.79. The van der Waals surface area contributed by atoms with Crippen molar-refractivity contribution in [2.75, 3.05) is 0 Å². The average molecular weight is 421 g/mol. The van der Waals surface area contributed by atoms with Gasteiger partial charge in [0.25, 0.3) is 0 Å². The first-order valence-electron chi connectivity index (χ1n) is 10.9. The molecule has 5 rings (SSSR count). The predicted octanol–water partition coefficient (Wildman–Crippen LogP) is 6.54. The molecule has 0 spiro atoms. The zero-order valence-electron chi connectivity index (χ0n) is 17.5. The molecule has 2 heteroatoms. The minimum absolute atomic E-state index is 0.197. The van der Waals surface area contributed by atoms with Crippen LogP contribution in [0.25, 0.3) is 16.7 Å². The highest BCUT2D eigenvalue weighted by atomic mass is 28.3. The van der Waals surface area contributed by atoms with Gasteiger partial charge in [-0.05, 0) is 52.9 Å². The highest BCUT2D eigenvalue weighted by molar-refractivity contribution is 7.02. The number of hydrogen-bond donors (Lipinski definition) is 0. The molecule has 0 saturated carbocycles. The molecule has 1 aliphatic heterocycles. The van der Waals surface area contributed by atoms with E-state index < -0.39 is 8.07 Å². The summed E-state index contributed by atoms with van der Waals surface area (Å²) in [5.74, 6) is -0.197. The van der Waals surface area contributed by atoms with Crippen LogP contribution in [-0.4, -0.2) is 8.07 Å². The van der Waals surface area contributed by atoms with Crippen molar-refractivity contribution < 1.29 is 4.39 Å². The van der Waals surface area contributed by atoms with E-state index in [0.29, 0.717) is 0 Å². The number of halogens is 1. The lowest BCUT2D eigenvalue weighted by Gasteiger charge is -2.36. The minimum Gasteiger partial charge on any atom is -0.207 e. The monoisotopic (exact) mass is 420 g/mol. The molecule has 0 unspecified atom stereocenters. The fourth-order valence-electron chi connectivity index (χ4n) is 4.84. The van der Waals surface area contributed by atoms with Gasteiger partial charge in [0.2, 0.25) is 0 Å². The summed E-state index contributed by atoms with van der Waals surface area (Å²) in [5, 5.41) is 3.06. The van der Waals surface area contributed by atoms with Gasteiger partial charge in [0, 0.05) is 0 Å². The molecular formula is C29H25FSi. The Labute approximate surface area is 184 Å². The van der Waals surface area contributed by atoms with Crippen LogP contribution in [0.3, 0.4) is 0 Å². The van der Waals surface area contributed by atoms with Gasteiger partial charge in [0.15, 0.2) is 0 Å². The first-order valence-corrected chi connectivity index (χ1v) is 13.3. The third kappa shape index (κ3) is 3.91. The van der Waals surface area contributed by atoms with Gasteiger partial charge in [0.05, 0.1) is 0 Å². The van der Waals surface area contributed by atoms with Crippen LogP contribution in [0.5, 0.6) is 0 Å². The van der Waals surface area contributed by atoms with Crippen LogP contribution in [0.15, 0.2) is 115 Å². The van der Waals surface area contributed by atoms with Crippen molar-refractivity contribution in [3.05, 3.63) is 127 Å². The lowest BCUT2D eigenvalue weighted by atomic mass is 9.99. The quantitative estimate of drug-likeness (QED) is 0.329. The van der Waals surface area contributed by atoms with E-state index in [1.165, 1.54) is 39.7 Å². The van der Waals surface area contributed by atoms with Gasteiger partial charge in [-0.2, -0.15) is 0 Å². The van der Waals surface area contributed by atoms with Crippen LogP contribution < -0.4 is 10.4 Å². The van der Waals surface area contributed by atoms with Gasteiger partial charge >= 0.3 is 0 Å². The van der Waals surface area contributed by atoms with Crippen molar-refractivity contribution in [3.63, 3.8) is 0 Å². The number of benzene rings is 4. The SMILES string of the molecule is Fc1ccc(-c2ccc(C3=CC[Si](c4ccccc4)(c4ccccc4)CC3)cc2)cc1. The van der Waals surface area contributed by atoms with Crippen LogP contribution >= 0.6 is 0 Å². The van der Waals surface area contributed by atoms with E-state index in [4.69, 9.17) is 0 Å². The van der Waals surface area contributed by atoms with Crippen molar-refractivity contribution in [1.29, 1.82) is 0 Å². The van der Waals surface area contributed by atoms with Gasteiger partial charge in [-0.3, -0.25) is 0 Å². The summed E-state index contributed by atoms with van der Waals surface area (Å²) in [6.45, 7) is 0. The molecule has 4 aromatic carbocycles. The zero-order chi connectivity index (χ0) is 21.1. The molecule has 0 radical (unpaired) electrons. The Balaban J connectivity index is 1.44. The standard InChI is InChI=1S/C29H25FSi/c30-27-17-15-25(16-18-27)23-11-13-24(14-12-23)26-19-21-31(22-20-26,28-7-3-1-4-8-28)29-9-5-2-6-10-29/h1-19H,20-22H2. The second kappa shape index (κ2) is 8.48. The lowest BCUT2D eigenvalue weighted by Crippen LogP contribution is -2.58. The van der Waals surface area contributed by atoms with Crippen molar-refractivity contribution in [1.82, 2.24) is 0 Å². The van der Waals surface area contributed by atoms with E-state index in [1.54, 1.807) is 0 Å². The Morgan fingerprint density at radius 1 is 0.548 bits per heavy atom. The Bertz CT molecular complexity index is 1140. The molecular weight excluding hydrogens is 395 g/mol. The maximum Gasteiger partial charge on any atom is 0.123 e. The third-order valence-corrected chi connectivity index (χ3v) is 11.5. The highest BCUT2D eigenvalue weighted by Gasteiger charge is 2.38. The molecule has 0 saturated heterocycles. The summed E-state index contributed by atoms with van der Waals surface area (Å²) < 4.78 is 13.2. The molecule has 0 amide bonds. The van der Waals surface area contributed by atoms with Crippen molar-refractivity contribution in [2.24, 2.45) is 0 Å². The van der Waals surface area contributed by atoms with Gasteiger partial charge < -0.3 is 0 Å². The van der Waals surface area contributed by atoms with Crippen molar-refractivity contribution >= 4 is 24.0 Å². The van der Waals surface area contributed by atoms with E-state index in [-0.39, 0.29) is 5.82 Å². The second-order valence-corrected chi connectivity index (χ2v) is 12.6. The molecule has 0 nitrogen and oxygen atoms in total. The molecule has 1 aliphatic rings. The zero-order valence-corrected chi connectivity index (χ0v) is 18.5. The Hall–Kier alpha value is -3.23. The van der Waals surface area contributed by atoms with Gasteiger partial charge in [0.1, 0.15) is 13.9 Å². The molecule has 4 aromatic rings. The van der Waals surface area contributed by atoms with Crippen LogP contribution in [-0.2, 0) is 0 Å². The fourth-order valence-corrected chi connectivity index (χ4v) is 9.37. The summed E-state index contributed by atoms with van der Waals surface area (Å²) in [4.78, 5) is 0. The Morgan fingerprint density at radius 2 is 1.03 bits per heavy atom. The van der Waals surface area contributed by atoms with Gasteiger partial charge in [-0.25, -0.2) is 4.39 Å². The fraction of sp³-hybridized carbons (Fsp3) is 0.103. The molecule has 152 valence electrons. The highest BCUT2D eigenvalue weighted by Crippen LogP contribution is 2.34. The maximum absolute atomic E-state index is 13.2. The van der Waals surface area contributed by atoms with E-state index in [2.05, 4.69) is 91.0 Å². The molecule has 0 atom stereocenters. The topological polar surface area (TPSA) is 0 Å². The lowest BCUT2D eigenvalue weighted by molar-refractivity contribution is 0.628. The van der Waals surface area contributed by atoms with E-state index in [9.17, 15) is 4.39 Å². The summed E-state index contributed by atoms with van der Waals surface area (Å²) >= 11 is 0. The van der Waals surface area contributed by atoms with E-state index >= 15 is 0 Å². The molecule has 1 heterocycles. The molecule has 0 fully saturated rings. The van der Waals surface area contributed by atoms with Crippen LogP contribution in [0.4, 0.5) is 4.39 Å². The van der Waals surface area contributed by atoms with Crippen LogP contribution in [0, 0.1) is 5.82 Å². The molecule has 0 aromatic heterocycles. The van der Waals surface area contributed by atoms with Crippen LogP contribution in [0.2, 0.25) is 12.1 Å². The van der Waals surface area contributed by atoms with E-state index in [1.807, 2.05) is 12.1 Å². The Kier molecular flexibility index (Phi) is 5.40. The summed E-state index contributed by atoms with van der Waals surface area (Å²) in [5.41, 5.74) is 4.91. The van der Waals surface area contributed by atoms with Crippen LogP contribution in [0.1, 0.15) is 12.0 Å². The molecule has 31 heavy (non-hydrogen) atoms. The number of allylic oxidation sites excluding steroid dienone is 2. The molecule has 0 N–H and O–H groups in total. The molecule has 0 aliphatic carbocycles. The van der Waals surface area contributed by atoms with E-state index in [0.717, 1.165) is 23.6 Å². The number of hydrogen-bond acceptors (Lipinski definition) is 0. The summed E-state index contributed by atoms with van der Waals surface area (Å²) in [6, 6.07) is 40.1. The molecule has 0 bridgehead atoms. The second-order valence-electron chi connectivity index (χ2n) is 8.33. The Morgan fingerprint density at radius 3 is 1.52 bits per heavy atom. The number of rotatable bonds is 4. The normalized spacial score (nSPS) is 15.3. The average Bonchev–Trinajstić information content (AvgIpc) is 2.86.